The molecule has 0 saturated heterocycles. The van der Waals surface area contributed by atoms with Gasteiger partial charge < -0.3 is 4.74 Å². The van der Waals surface area contributed by atoms with Crippen LogP contribution >= 0.6 is 0 Å². The van der Waals surface area contributed by atoms with Crippen molar-refractivity contribution in [3.63, 3.8) is 0 Å². The summed E-state index contributed by atoms with van der Waals surface area (Å²) in [4.78, 5) is 0. The fourth-order valence-corrected chi connectivity index (χ4v) is 5.48. The molecule has 1 nitrogen and oxygen atoms in total. The Bertz CT molecular complexity index is 1160. The minimum atomic E-state index is -5.00. The highest BCUT2D eigenvalue weighted by Gasteiger charge is 2.32. The third kappa shape index (κ3) is 6.57. The van der Waals surface area contributed by atoms with E-state index in [4.69, 9.17) is 0 Å². The van der Waals surface area contributed by atoms with E-state index in [1.807, 2.05) is 12.1 Å². The first-order valence-electron chi connectivity index (χ1n) is 13.0. The average molecular weight is 505 g/mol. The first-order valence-corrected chi connectivity index (χ1v) is 13.0. The number of fused-ring (bicyclic) bond motifs is 1. The molecule has 1 aliphatic carbocycles. The average Bonchev–Trinajstić information content (AvgIpc) is 2.85. The number of alkyl halides is 3. The van der Waals surface area contributed by atoms with E-state index in [1.54, 1.807) is 18.2 Å². The molecule has 3 aromatic carbocycles. The maximum absolute atomic E-state index is 15.3. The van der Waals surface area contributed by atoms with Gasteiger partial charge in [-0.25, -0.2) is 8.78 Å². The van der Waals surface area contributed by atoms with Crippen LogP contribution in [0.2, 0.25) is 0 Å². The molecule has 3 aromatic rings. The lowest BCUT2D eigenvalue weighted by Crippen LogP contribution is -2.17. The topological polar surface area (TPSA) is 9.23 Å². The molecular formula is C30H33F5O. The zero-order chi connectivity index (χ0) is 25.7. The van der Waals surface area contributed by atoms with E-state index in [1.165, 1.54) is 63.0 Å². The number of hydrogen-bond donors (Lipinski definition) is 0. The summed E-state index contributed by atoms with van der Waals surface area (Å²) < 4.78 is 70.4. The Hall–Kier alpha value is -2.63. The first-order chi connectivity index (χ1) is 17.2. The first kappa shape index (κ1) is 26.4. The van der Waals surface area contributed by atoms with Gasteiger partial charge in [-0.1, -0.05) is 81.8 Å². The summed E-state index contributed by atoms with van der Waals surface area (Å²) in [6.45, 7) is 2.24. The highest BCUT2D eigenvalue weighted by molar-refractivity contribution is 5.89. The SMILES string of the molecule is CCCCCCCC1CCC(c2ccc3c(F)c(-c4ccc(OC(F)(F)F)c(F)c4)ccc3c2)CC1. The smallest absolute Gasteiger partial charge is 0.403 e. The van der Waals surface area contributed by atoms with Crippen LogP contribution in [0.25, 0.3) is 21.9 Å². The molecule has 0 bridgehead atoms. The molecule has 0 aromatic heterocycles. The van der Waals surface area contributed by atoms with Gasteiger partial charge in [-0.05, 0) is 66.2 Å². The summed E-state index contributed by atoms with van der Waals surface area (Å²) in [5.41, 5.74) is 1.50. The van der Waals surface area contributed by atoms with Crippen LogP contribution in [-0.4, -0.2) is 6.36 Å². The van der Waals surface area contributed by atoms with Gasteiger partial charge >= 0.3 is 6.36 Å². The van der Waals surface area contributed by atoms with Gasteiger partial charge in [0.25, 0.3) is 0 Å². The number of halogens is 5. The standard InChI is InChI=1S/C30H33F5O/c1-2-3-4-5-6-7-20-8-10-21(11-9-20)22-12-15-25-23(18-22)13-16-26(29(25)32)24-14-17-28(27(31)19-24)36-30(33,34)35/h12-21H,2-11H2,1H3. The van der Waals surface area contributed by atoms with Crippen LogP contribution in [0.3, 0.4) is 0 Å². The second-order valence-electron chi connectivity index (χ2n) is 10.0. The molecule has 0 atom stereocenters. The van der Waals surface area contributed by atoms with Crippen LogP contribution < -0.4 is 4.74 Å². The Kier molecular flexibility index (Phi) is 8.53. The zero-order valence-electron chi connectivity index (χ0n) is 20.6. The van der Waals surface area contributed by atoms with Crippen molar-refractivity contribution in [3.05, 3.63) is 65.7 Å². The second kappa shape index (κ2) is 11.6. The molecular weight excluding hydrogens is 471 g/mol. The van der Waals surface area contributed by atoms with Crippen molar-refractivity contribution in [2.45, 2.75) is 83.4 Å². The maximum atomic E-state index is 15.3. The van der Waals surface area contributed by atoms with Crippen LogP contribution in [0.1, 0.15) is 82.6 Å². The summed E-state index contributed by atoms with van der Waals surface area (Å²) in [5.74, 6) is -1.37. The summed E-state index contributed by atoms with van der Waals surface area (Å²) in [5, 5.41) is 1.18. The molecule has 0 heterocycles. The monoisotopic (exact) mass is 504 g/mol. The molecule has 194 valence electrons. The Balaban J connectivity index is 1.43. The molecule has 0 amide bonds. The molecule has 4 rings (SSSR count). The lowest BCUT2D eigenvalue weighted by Gasteiger charge is -2.29. The van der Waals surface area contributed by atoms with Gasteiger partial charge in [-0.2, -0.15) is 0 Å². The molecule has 1 fully saturated rings. The fraction of sp³-hybridized carbons (Fsp3) is 0.467. The number of unbranched alkanes of at least 4 members (excludes halogenated alkanes) is 4. The number of rotatable bonds is 9. The van der Waals surface area contributed by atoms with E-state index in [0.29, 0.717) is 11.3 Å². The van der Waals surface area contributed by atoms with Gasteiger partial charge in [-0.15, -0.1) is 13.2 Å². The number of benzene rings is 3. The quantitative estimate of drug-likeness (QED) is 0.208. The van der Waals surface area contributed by atoms with Crippen molar-refractivity contribution in [2.75, 3.05) is 0 Å². The van der Waals surface area contributed by atoms with E-state index in [2.05, 4.69) is 11.7 Å². The van der Waals surface area contributed by atoms with Crippen LogP contribution in [-0.2, 0) is 0 Å². The molecule has 0 radical (unpaired) electrons. The van der Waals surface area contributed by atoms with Gasteiger partial charge in [0.05, 0.1) is 0 Å². The zero-order valence-corrected chi connectivity index (χ0v) is 20.6. The summed E-state index contributed by atoms with van der Waals surface area (Å²) in [6, 6.07) is 12.1. The van der Waals surface area contributed by atoms with Crippen molar-refractivity contribution >= 4 is 10.8 Å². The van der Waals surface area contributed by atoms with Gasteiger partial charge in [0.15, 0.2) is 11.6 Å². The molecule has 1 aliphatic rings. The molecule has 0 unspecified atom stereocenters. The minimum Gasteiger partial charge on any atom is -0.403 e. The van der Waals surface area contributed by atoms with E-state index < -0.39 is 23.7 Å². The fourth-order valence-electron chi connectivity index (χ4n) is 5.48. The molecule has 36 heavy (non-hydrogen) atoms. The van der Waals surface area contributed by atoms with Crippen LogP contribution in [0, 0.1) is 17.6 Å². The second-order valence-corrected chi connectivity index (χ2v) is 10.0. The Morgan fingerprint density at radius 1 is 0.833 bits per heavy atom. The Morgan fingerprint density at radius 3 is 2.28 bits per heavy atom. The van der Waals surface area contributed by atoms with E-state index in [0.717, 1.165) is 36.3 Å². The van der Waals surface area contributed by atoms with Gasteiger partial charge in [-0.3, -0.25) is 0 Å². The van der Waals surface area contributed by atoms with Gasteiger partial charge in [0.1, 0.15) is 5.82 Å². The van der Waals surface area contributed by atoms with Crippen molar-refractivity contribution < 1.29 is 26.7 Å². The maximum Gasteiger partial charge on any atom is 0.573 e. The van der Waals surface area contributed by atoms with E-state index in [-0.39, 0.29) is 11.1 Å². The Morgan fingerprint density at radius 2 is 1.58 bits per heavy atom. The lowest BCUT2D eigenvalue weighted by molar-refractivity contribution is -0.275. The summed E-state index contributed by atoms with van der Waals surface area (Å²) >= 11 is 0. The van der Waals surface area contributed by atoms with Crippen molar-refractivity contribution in [1.29, 1.82) is 0 Å². The van der Waals surface area contributed by atoms with Crippen LogP contribution in [0.4, 0.5) is 22.0 Å². The highest BCUT2D eigenvalue weighted by atomic mass is 19.4. The Labute approximate surface area is 209 Å². The van der Waals surface area contributed by atoms with Crippen molar-refractivity contribution in [2.24, 2.45) is 5.92 Å². The normalized spacial score (nSPS) is 18.5. The van der Waals surface area contributed by atoms with Gasteiger partial charge in [0, 0.05) is 10.9 Å². The van der Waals surface area contributed by atoms with Crippen LogP contribution in [0.15, 0.2) is 48.5 Å². The molecule has 0 N–H and O–H groups in total. The van der Waals surface area contributed by atoms with Crippen molar-refractivity contribution in [1.82, 2.24) is 0 Å². The minimum absolute atomic E-state index is 0.132. The summed E-state index contributed by atoms with van der Waals surface area (Å²) in [7, 11) is 0. The van der Waals surface area contributed by atoms with E-state index in [9.17, 15) is 17.6 Å². The van der Waals surface area contributed by atoms with Crippen LogP contribution in [0.5, 0.6) is 5.75 Å². The molecule has 0 aliphatic heterocycles. The predicted molar refractivity (Wildman–Crippen MR) is 134 cm³/mol. The third-order valence-electron chi connectivity index (χ3n) is 7.48. The lowest BCUT2D eigenvalue weighted by atomic mass is 9.76. The highest BCUT2D eigenvalue weighted by Crippen LogP contribution is 2.40. The number of ether oxygens (including phenoxy) is 1. The molecule has 1 saturated carbocycles. The number of hydrogen-bond acceptors (Lipinski definition) is 1. The predicted octanol–water partition coefficient (Wildman–Crippen LogP) is 10.3. The molecule has 0 spiro atoms. The van der Waals surface area contributed by atoms with E-state index >= 15 is 4.39 Å². The summed E-state index contributed by atoms with van der Waals surface area (Å²) in [6.07, 6.45) is 7.72. The third-order valence-corrected chi connectivity index (χ3v) is 7.48. The van der Waals surface area contributed by atoms with Crippen molar-refractivity contribution in [3.8, 4) is 16.9 Å². The molecule has 6 heteroatoms. The largest absolute Gasteiger partial charge is 0.573 e. The van der Waals surface area contributed by atoms with Gasteiger partial charge in [0.2, 0.25) is 0 Å².